The van der Waals surface area contributed by atoms with Gasteiger partial charge in [0.25, 0.3) is 0 Å². The smallest absolute Gasteiger partial charge is 0.237 e. The summed E-state index contributed by atoms with van der Waals surface area (Å²) in [6, 6.07) is -0.103. The Morgan fingerprint density at radius 3 is 2.30 bits per heavy atom. The van der Waals surface area contributed by atoms with Crippen molar-refractivity contribution in [2.24, 2.45) is 17.6 Å². The van der Waals surface area contributed by atoms with Gasteiger partial charge in [0.1, 0.15) is 0 Å². The fourth-order valence-corrected chi connectivity index (χ4v) is 3.36. The topological polar surface area (TPSA) is 64.4 Å². The first-order chi connectivity index (χ1) is 9.18. The highest BCUT2D eigenvalue weighted by atomic mass is 35.5. The summed E-state index contributed by atoms with van der Waals surface area (Å²) in [6.07, 6.45) is 8.26. The maximum atomic E-state index is 12.2. The number of nitrogens with one attached hydrogen (secondary N) is 1. The van der Waals surface area contributed by atoms with E-state index in [-0.39, 0.29) is 36.3 Å². The first kappa shape index (κ1) is 17.7. The second kappa shape index (κ2) is 8.85. The summed E-state index contributed by atoms with van der Waals surface area (Å²) < 4.78 is 5.32. The third-order valence-electron chi connectivity index (χ3n) is 4.80. The van der Waals surface area contributed by atoms with Crippen molar-refractivity contribution < 1.29 is 9.53 Å². The lowest BCUT2D eigenvalue weighted by molar-refractivity contribution is -0.125. The van der Waals surface area contributed by atoms with Gasteiger partial charge in [-0.25, -0.2) is 0 Å². The predicted molar refractivity (Wildman–Crippen MR) is 82.9 cm³/mol. The van der Waals surface area contributed by atoms with Crippen molar-refractivity contribution in [1.29, 1.82) is 0 Å². The molecule has 118 valence electrons. The van der Waals surface area contributed by atoms with Crippen LogP contribution in [-0.4, -0.2) is 31.2 Å². The summed E-state index contributed by atoms with van der Waals surface area (Å²) in [4.78, 5) is 12.2. The van der Waals surface area contributed by atoms with E-state index in [0.29, 0.717) is 5.92 Å². The average Bonchev–Trinajstić information content (AvgIpc) is 2.48. The van der Waals surface area contributed by atoms with E-state index in [0.717, 1.165) is 26.1 Å². The molecule has 1 aliphatic carbocycles. The fourth-order valence-electron chi connectivity index (χ4n) is 3.36. The maximum absolute atomic E-state index is 12.2. The SMILES string of the molecule is CC(NC(=O)C(N)C1CCOCC1)C1CCCCC1.Cl. The molecule has 3 N–H and O–H groups in total. The average molecular weight is 305 g/mol. The van der Waals surface area contributed by atoms with Crippen LogP contribution in [-0.2, 0) is 9.53 Å². The number of nitrogens with two attached hydrogens (primary N) is 1. The number of carbonyl (C=O) groups excluding carboxylic acids is 1. The molecule has 1 saturated heterocycles. The van der Waals surface area contributed by atoms with Gasteiger partial charge in [-0.3, -0.25) is 4.79 Å². The van der Waals surface area contributed by atoms with Crippen LogP contribution >= 0.6 is 12.4 Å². The third-order valence-corrected chi connectivity index (χ3v) is 4.80. The van der Waals surface area contributed by atoms with Crippen LogP contribution in [0.2, 0.25) is 0 Å². The van der Waals surface area contributed by atoms with E-state index >= 15 is 0 Å². The molecule has 1 saturated carbocycles. The molecule has 20 heavy (non-hydrogen) atoms. The van der Waals surface area contributed by atoms with Crippen molar-refractivity contribution in [2.75, 3.05) is 13.2 Å². The summed E-state index contributed by atoms with van der Waals surface area (Å²) in [5.74, 6) is 0.955. The molecule has 0 spiro atoms. The summed E-state index contributed by atoms with van der Waals surface area (Å²) in [7, 11) is 0. The van der Waals surface area contributed by atoms with E-state index in [1.807, 2.05) is 0 Å². The Morgan fingerprint density at radius 2 is 1.70 bits per heavy atom. The van der Waals surface area contributed by atoms with Crippen LogP contribution < -0.4 is 11.1 Å². The van der Waals surface area contributed by atoms with Gasteiger partial charge in [-0.15, -0.1) is 12.4 Å². The highest BCUT2D eigenvalue weighted by Gasteiger charge is 2.29. The lowest BCUT2D eigenvalue weighted by Gasteiger charge is -2.31. The first-order valence-corrected chi connectivity index (χ1v) is 7.82. The van der Waals surface area contributed by atoms with Gasteiger partial charge in [0.05, 0.1) is 6.04 Å². The van der Waals surface area contributed by atoms with Gasteiger partial charge in [0.15, 0.2) is 0 Å². The molecular formula is C15H29ClN2O2. The van der Waals surface area contributed by atoms with Crippen LogP contribution in [0.15, 0.2) is 0 Å². The maximum Gasteiger partial charge on any atom is 0.237 e. The molecule has 0 aromatic carbocycles. The Bertz CT molecular complexity index is 290. The summed E-state index contributed by atoms with van der Waals surface area (Å²) in [6.45, 7) is 3.61. The minimum absolute atomic E-state index is 0. The standard InChI is InChI=1S/C15H28N2O2.ClH/c1-11(12-5-3-2-4-6-12)17-15(18)14(16)13-7-9-19-10-8-13;/h11-14H,2-10,16H2,1H3,(H,17,18);1H. The largest absolute Gasteiger partial charge is 0.381 e. The number of hydrogen-bond donors (Lipinski definition) is 2. The molecule has 2 unspecified atom stereocenters. The number of rotatable bonds is 4. The van der Waals surface area contributed by atoms with Crippen molar-refractivity contribution in [3.05, 3.63) is 0 Å². The van der Waals surface area contributed by atoms with E-state index < -0.39 is 0 Å². The van der Waals surface area contributed by atoms with Crippen molar-refractivity contribution in [2.45, 2.75) is 64.0 Å². The second-order valence-corrected chi connectivity index (χ2v) is 6.17. The van der Waals surface area contributed by atoms with E-state index in [1.54, 1.807) is 0 Å². The van der Waals surface area contributed by atoms with Gasteiger partial charge in [-0.2, -0.15) is 0 Å². The minimum atomic E-state index is -0.366. The Hall–Kier alpha value is -0.320. The summed E-state index contributed by atoms with van der Waals surface area (Å²) >= 11 is 0. The van der Waals surface area contributed by atoms with Crippen LogP contribution in [0.1, 0.15) is 51.9 Å². The van der Waals surface area contributed by atoms with E-state index in [9.17, 15) is 4.79 Å². The second-order valence-electron chi connectivity index (χ2n) is 6.17. The Balaban J connectivity index is 0.00000200. The molecule has 0 bridgehead atoms. The van der Waals surface area contributed by atoms with Crippen LogP contribution in [0, 0.1) is 11.8 Å². The first-order valence-electron chi connectivity index (χ1n) is 7.82. The normalized spacial score (nSPS) is 24.5. The Morgan fingerprint density at radius 1 is 1.10 bits per heavy atom. The number of amides is 1. The molecule has 1 amide bonds. The van der Waals surface area contributed by atoms with E-state index in [1.165, 1.54) is 32.1 Å². The molecule has 0 radical (unpaired) electrons. The molecule has 4 nitrogen and oxygen atoms in total. The molecule has 5 heteroatoms. The molecule has 1 aliphatic heterocycles. The quantitative estimate of drug-likeness (QED) is 0.837. The van der Waals surface area contributed by atoms with E-state index in [2.05, 4.69) is 12.2 Å². The van der Waals surface area contributed by atoms with Crippen molar-refractivity contribution in [3.63, 3.8) is 0 Å². The van der Waals surface area contributed by atoms with Crippen LogP contribution in [0.3, 0.4) is 0 Å². The van der Waals surface area contributed by atoms with Gasteiger partial charge in [0.2, 0.25) is 5.91 Å². The number of carbonyl (C=O) groups is 1. The zero-order valence-corrected chi connectivity index (χ0v) is 13.3. The lowest BCUT2D eigenvalue weighted by atomic mass is 9.84. The molecule has 2 aliphatic rings. The van der Waals surface area contributed by atoms with Crippen molar-refractivity contribution in [3.8, 4) is 0 Å². The Labute approximate surface area is 128 Å². The molecule has 1 heterocycles. The van der Waals surface area contributed by atoms with Gasteiger partial charge >= 0.3 is 0 Å². The molecular weight excluding hydrogens is 276 g/mol. The van der Waals surface area contributed by atoms with Crippen LogP contribution in [0.5, 0.6) is 0 Å². The summed E-state index contributed by atoms with van der Waals surface area (Å²) in [5.41, 5.74) is 6.10. The molecule has 0 aromatic heterocycles. The van der Waals surface area contributed by atoms with Crippen LogP contribution in [0.4, 0.5) is 0 Å². The monoisotopic (exact) mass is 304 g/mol. The van der Waals surface area contributed by atoms with Gasteiger partial charge in [-0.1, -0.05) is 19.3 Å². The van der Waals surface area contributed by atoms with E-state index in [4.69, 9.17) is 10.5 Å². The number of halogens is 1. The van der Waals surface area contributed by atoms with Crippen molar-refractivity contribution >= 4 is 18.3 Å². The van der Waals surface area contributed by atoms with Gasteiger partial charge < -0.3 is 15.8 Å². The lowest BCUT2D eigenvalue weighted by Crippen LogP contribution is -2.51. The summed E-state index contributed by atoms with van der Waals surface area (Å²) in [5, 5.41) is 3.14. The Kier molecular flexibility index (Phi) is 7.85. The minimum Gasteiger partial charge on any atom is -0.381 e. The zero-order chi connectivity index (χ0) is 13.7. The van der Waals surface area contributed by atoms with Gasteiger partial charge in [0, 0.05) is 19.3 Å². The zero-order valence-electron chi connectivity index (χ0n) is 12.5. The molecule has 2 rings (SSSR count). The molecule has 2 atom stereocenters. The molecule has 0 aromatic rings. The predicted octanol–water partition coefficient (Wildman–Crippen LogP) is 2.25. The third kappa shape index (κ3) is 4.90. The van der Waals surface area contributed by atoms with Crippen LogP contribution in [0.25, 0.3) is 0 Å². The number of hydrogen-bond acceptors (Lipinski definition) is 3. The number of ether oxygens (including phenoxy) is 1. The highest BCUT2D eigenvalue weighted by Crippen LogP contribution is 2.26. The highest BCUT2D eigenvalue weighted by molar-refractivity contribution is 5.85. The molecule has 2 fully saturated rings. The fraction of sp³-hybridized carbons (Fsp3) is 0.933. The van der Waals surface area contributed by atoms with Gasteiger partial charge in [-0.05, 0) is 44.4 Å². The van der Waals surface area contributed by atoms with Crippen molar-refractivity contribution in [1.82, 2.24) is 5.32 Å².